The summed E-state index contributed by atoms with van der Waals surface area (Å²) in [6.45, 7) is 0. The Morgan fingerprint density at radius 2 is 1.52 bits per heavy atom. The van der Waals surface area contributed by atoms with Crippen LogP contribution in [0.25, 0.3) is 11.1 Å². The van der Waals surface area contributed by atoms with Crippen molar-refractivity contribution in [1.29, 1.82) is 0 Å². The minimum absolute atomic E-state index is 0.0220. The van der Waals surface area contributed by atoms with Gasteiger partial charge in [-0.25, -0.2) is 18.0 Å². The summed E-state index contributed by atoms with van der Waals surface area (Å²) in [5.41, 5.74) is -0.454. The van der Waals surface area contributed by atoms with E-state index in [2.05, 4.69) is 5.32 Å². The number of benzene rings is 3. The summed E-state index contributed by atoms with van der Waals surface area (Å²) in [4.78, 5) is 23.4. The number of carbonyl (C=O) groups is 2. The van der Waals surface area contributed by atoms with Crippen LogP contribution < -0.4 is 5.32 Å². The summed E-state index contributed by atoms with van der Waals surface area (Å²) >= 11 is 0. The van der Waals surface area contributed by atoms with E-state index in [1.807, 2.05) is 0 Å². The van der Waals surface area contributed by atoms with E-state index in [9.17, 15) is 22.8 Å². The fourth-order valence-corrected chi connectivity index (χ4v) is 2.58. The number of carboxylic acid groups (broad SMARTS) is 1. The highest BCUT2D eigenvalue weighted by atomic mass is 19.1. The van der Waals surface area contributed by atoms with Gasteiger partial charge in [0.1, 0.15) is 17.5 Å². The predicted molar refractivity (Wildman–Crippen MR) is 93.1 cm³/mol. The number of nitrogens with one attached hydrogen (secondary N) is 1. The Morgan fingerprint density at radius 3 is 2.19 bits per heavy atom. The maximum Gasteiger partial charge on any atom is 0.338 e. The SMILES string of the molecule is O=C(O)c1ccc(NC(=O)c2cc(F)ccc2-c2ccccc2F)cc1F. The van der Waals surface area contributed by atoms with Crippen LogP contribution in [0.1, 0.15) is 20.7 Å². The minimum atomic E-state index is -1.45. The van der Waals surface area contributed by atoms with Gasteiger partial charge in [-0.15, -0.1) is 0 Å². The largest absolute Gasteiger partial charge is 0.478 e. The lowest BCUT2D eigenvalue weighted by Crippen LogP contribution is -2.14. The van der Waals surface area contributed by atoms with Crippen LogP contribution in [0.4, 0.5) is 18.9 Å². The maximum absolute atomic E-state index is 14.1. The van der Waals surface area contributed by atoms with E-state index >= 15 is 0 Å². The van der Waals surface area contributed by atoms with E-state index < -0.39 is 34.9 Å². The third-order valence-electron chi connectivity index (χ3n) is 3.85. The quantitative estimate of drug-likeness (QED) is 0.697. The fourth-order valence-electron chi connectivity index (χ4n) is 2.58. The van der Waals surface area contributed by atoms with Crippen LogP contribution in [-0.2, 0) is 0 Å². The molecular formula is C20H12F3NO3. The smallest absolute Gasteiger partial charge is 0.338 e. The maximum atomic E-state index is 14.1. The standard InChI is InChI=1S/C20H12F3NO3/c21-11-5-7-13(14-3-1-2-4-17(14)22)16(9-11)19(25)24-12-6-8-15(20(26)27)18(23)10-12/h1-10H,(H,24,25)(H,26,27). The molecule has 0 spiro atoms. The van der Waals surface area contributed by atoms with E-state index in [-0.39, 0.29) is 22.4 Å². The lowest BCUT2D eigenvalue weighted by atomic mass is 9.98. The molecule has 0 unspecified atom stereocenters. The van der Waals surface area contributed by atoms with Crippen LogP contribution >= 0.6 is 0 Å². The molecule has 0 heterocycles. The number of halogens is 3. The Bertz CT molecular complexity index is 1050. The second-order valence-electron chi connectivity index (χ2n) is 5.62. The highest BCUT2D eigenvalue weighted by Gasteiger charge is 2.18. The first-order valence-corrected chi connectivity index (χ1v) is 7.75. The molecule has 136 valence electrons. The van der Waals surface area contributed by atoms with Crippen LogP contribution in [0.3, 0.4) is 0 Å². The Morgan fingerprint density at radius 1 is 0.778 bits per heavy atom. The average molecular weight is 371 g/mol. The van der Waals surface area contributed by atoms with Crippen molar-refractivity contribution >= 4 is 17.6 Å². The molecule has 27 heavy (non-hydrogen) atoms. The molecule has 3 aromatic rings. The van der Waals surface area contributed by atoms with E-state index in [0.29, 0.717) is 0 Å². The Balaban J connectivity index is 1.98. The van der Waals surface area contributed by atoms with E-state index in [0.717, 1.165) is 24.3 Å². The van der Waals surface area contributed by atoms with E-state index in [1.54, 1.807) is 6.07 Å². The first kappa shape index (κ1) is 18.2. The van der Waals surface area contributed by atoms with Gasteiger partial charge in [-0.3, -0.25) is 4.79 Å². The van der Waals surface area contributed by atoms with Gasteiger partial charge in [-0.1, -0.05) is 24.3 Å². The van der Waals surface area contributed by atoms with E-state index in [4.69, 9.17) is 5.11 Å². The van der Waals surface area contributed by atoms with Crippen molar-refractivity contribution < 1.29 is 27.9 Å². The number of aromatic carboxylic acids is 1. The van der Waals surface area contributed by atoms with Crippen molar-refractivity contribution in [1.82, 2.24) is 0 Å². The molecular weight excluding hydrogens is 359 g/mol. The average Bonchev–Trinajstić information content (AvgIpc) is 2.62. The summed E-state index contributed by atoms with van der Waals surface area (Å²) in [5, 5.41) is 11.2. The molecule has 3 rings (SSSR count). The summed E-state index contributed by atoms with van der Waals surface area (Å²) in [7, 11) is 0. The molecule has 0 aliphatic rings. The molecule has 0 aliphatic carbocycles. The van der Waals surface area contributed by atoms with Gasteiger partial charge in [-0.05, 0) is 42.0 Å². The number of carboxylic acids is 1. The normalized spacial score (nSPS) is 10.5. The third-order valence-corrected chi connectivity index (χ3v) is 3.85. The minimum Gasteiger partial charge on any atom is -0.478 e. The number of hydrogen-bond donors (Lipinski definition) is 2. The molecule has 7 heteroatoms. The van der Waals surface area contributed by atoms with Crippen LogP contribution in [-0.4, -0.2) is 17.0 Å². The van der Waals surface area contributed by atoms with Crippen LogP contribution in [0, 0.1) is 17.5 Å². The lowest BCUT2D eigenvalue weighted by Gasteiger charge is -2.12. The van der Waals surface area contributed by atoms with Gasteiger partial charge in [0.25, 0.3) is 5.91 Å². The molecule has 2 N–H and O–H groups in total. The van der Waals surface area contributed by atoms with Crippen molar-refractivity contribution in [3.63, 3.8) is 0 Å². The number of carbonyl (C=O) groups excluding carboxylic acids is 1. The molecule has 0 fully saturated rings. The Labute approximate surface area is 151 Å². The molecule has 0 bridgehead atoms. The van der Waals surface area contributed by atoms with Crippen molar-refractivity contribution in [2.24, 2.45) is 0 Å². The Kier molecular flexibility index (Phi) is 4.94. The zero-order valence-electron chi connectivity index (χ0n) is 13.7. The lowest BCUT2D eigenvalue weighted by molar-refractivity contribution is 0.0691. The number of rotatable bonds is 4. The molecule has 0 saturated heterocycles. The van der Waals surface area contributed by atoms with Gasteiger partial charge >= 0.3 is 5.97 Å². The molecule has 0 saturated carbocycles. The number of anilines is 1. The van der Waals surface area contributed by atoms with Crippen LogP contribution in [0.15, 0.2) is 60.7 Å². The van der Waals surface area contributed by atoms with Gasteiger partial charge in [0.15, 0.2) is 0 Å². The van der Waals surface area contributed by atoms with Crippen LogP contribution in [0.5, 0.6) is 0 Å². The van der Waals surface area contributed by atoms with E-state index in [1.165, 1.54) is 30.3 Å². The molecule has 1 amide bonds. The molecule has 0 atom stereocenters. The fraction of sp³-hybridized carbons (Fsp3) is 0. The van der Waals surface area contributed by atoms with Gasteiger partial charge in [0.05, 0.1) is 11.1 Å². The zero-order chi connectivity index (χ0) is 19.6. The molecule has 0 aromatic heterocycles. The second kappa shape index (κ2) is 7.33. The number of amides is 1. The van der Waals surface area contributed by atoms with Crippen molar-refractivity contribution in [3.05, 3.63) is 89.2 Å². The summed E-state index contributed by atoms with van der Waals surface area (Å²) in [5.74, 6) is -4.57. The topological polar surface area (TPSA) is 66.4 Å². The predicted octanol–water partition coefficient (Wildman–Crippen LogP) is 4.72. The summed E-state index contributed by atoms with van der Waals surface area (Å²) in [6, 6.07) is 12.1. The van der Waals surface area contributed by atoms with Crippen molar-refractivity contribution in [3.8, 4) is 11.1 Å². The van der Waals surface area contributed by atoms with Gasteiger partial charge in [0.2, 0.25) is 0 Å². The van der Waals surface area contributed by atoms with Gasteiger partial charge in [0, 0.05) is 11.3 Å². The number of hydrogen-bond acceptors (Lipinski definition) is 2. The highest BCUT2D eigenvalue weighted by Crippen LogP contribution is 2.28. The highest BCUT2D eigenvalue weighted by molar-refractivity contribution is 6.09. The van der Waals surface area contributed by atoms with Crippen molar-refractivity contribution in [2.75, 3.05) is 5.32 Å². The molecule has 3 aromatic carbocycles. The first-order chi connectivity index (χ1) is 12.9. The van der Waals surface area contributed by atoms with Crippen molar-refractivity contribution in [2.45, 2.75) is 0 Å². The van der Waals surface area contributed by atoms with Gasteiger partial charge < -0.3 is 10.4 Å². The zero-order valence-corrected chi connectivity index (χ0v) is 13.7. The Hall–Kier alpha value is -3.61. The van der Waals surface area contributed by atoms with Crippen LogP contribution in [0.2, 0.25) is 0 Å². The first-order valence-electron chi connectivity index (χ1n) is 7.75. The summed E-state index contributed by atoms with van der Waals surface area (Å²) in [6.07, 6.45) is 0. The third kappa shape index (κ3) is 3.82. The molecule has 4 nitrogen and oxygen atoms in total. The molecule has 0 radical (unpaired) electrons. The summed E-state index contributed by atoms with van der Waals surface area (Å²) < 4.78 is 41.5. The monoisotopic (exact) mass is 371 g/mol. The molecule has 0 aliphatic heterocycles. The van der Waals surface area contributed by atoms with Gasteiger partial charge in [-0.2, -0.15) is 0 Å². The second-order valence-corrected chi connectivity index (χ2v) is 5.62.